The highest BCUT2D eigenvalue weighted by Gasteiger charge is 2.28. The van der Waals surface area contributed by atoms with E-state index in [2.05, 4.69) is 26.3 Å². The fourth-order valence-electron chi connectivity index (χ4n) is 2.67. The van der Waals surface area contributed by atoms with Gasteiger partial charge in [0.2, 0.25) is 5.91 Å². The van der Waals surface area contributed by atoms with E-state index in [9.17, 15) is 9.59 Å². The van der Waals surface area contributed by atoms with Crippen LogP contribution in [0.3, 0.4) is 0 Å². The van der Waals surface area contributed by atoms with Crippen LogP contribution in [0.2, 0.25) is 0 Å². The van der Waals surface area contributed by atoms with Gasteiger partial charge in [0.05, 0.1) is 0 Å². The number of carbonyl (C=O) groups is 2. The van der Waals surface area contributed by atoms with E-state index < -0.39 is 11.7 Å². The third kappa shape index (κ3) is 11.8. The number of aliphatic imine (C=N–C) groups is 1. The normalized spacial score (nSPS) is 13.6. The molecule has 174 valence electrons. The molecule has 0 heterocycles. The van der Waals surface area contributed by atoms with E-state index in [-0.39, 0.29) is 35.8 Å². The minimum Gasteiger partial charge on any atom is -0.444 e. The van der Waals surface area contributed by atoms with Crippen molar-refractivity contribution in [3.05, 3.63) is 29.8 Å². The van der Waals surface area contributed by atoms with E-state index in [1.165, 1.54) is 0 Å². The van der Waals surface area contributed by atoms with Crippen LogP contribution >= 0.6 is 24.0 Å². The van der Waals surface area contributed by atoms with Crippen LogP contribution in [0.4, 0.5) is 10.5 Å². The number of amides is 2. The summed E-state index contributed by atoms with van der Waals surface area (Å²) >= 11 is 0. The zero-order chi connectivity index (χ0) is 22.0. The van der Waals surface area contributed by atoms with E-state index in [1.54, 1.807) is 0 Å². The summed E-state index contributed by atoms with van der Waals surface area (Å²) in [5.74, 6) is 1.13. The van der Waals surface area contributed by atoms with Gasteiger partial charge >= 0.3 is 6.09 Å². The van der Waals surface area contributed by atoms with Crippen molar-refractivity contribution in [1.82, 2.24) is 16.0 Å². The van der Waals surface area contributed by atoms with Gasteiger partial charge in [-0.05, 0) is 64.7 Å². The molecule has 1 aliphatic carbocycles. The Morgan fingerprint density at radius 1 is 1.06 bits per heavy atom. The zero-order valence-electron chi connectivity index (χ0n) is 18.9. The van der Waals surface area contributed by atoms with Gasteiger partial charge in [0.25, 0.3) is 0 Å². The molecule has 2 amide bonds. The Morgan fingerprint density at radius 3 is 2.29 bits per heavy atom. The number of nitrogens with zero attached hydrogens (tertiary/aromatic N) is 1. The first kappa shape index (κ1) is 27.0. The van der Waals surface area contributed by atoms with Gasteiger partial charge in [-0.1, -0.05) is 12.1 Å². The number of halogens is 1. The van der Waals surface area contributed by atoms with E-state index in [4.69, 9.17) is 4.74 Å². The molecule has 0 bridgehead atoms. The Bertz CT molecular complexity index is 728. The summed E-state index contributed by atoms with van der Waals surface area (Å²) in [6.07, 6.45) is 2.35. The Labute approximate surface area is 202 Å². The Kier molecular flexibility index (Phi) is 11.7. The molecule has 2 rings (SSSR count). The van der Waals surface area contributed by atoms with E-state index in [1.807, 2.05) is 52.0 Å². The molecule has 1 aromatic rings. The number of carbonyl (C=O) groups excluding carboxylic acids is 2. The summed E-state index contributed by atoms with van der Waals surface area (Å²) in [4.78, 5) is 28.0. The average Bonchev–Trinajstić information content (AvgIpc) is 3.50. The second-order valence-electron chi connectivity index (χ2n) is 8.33. The van der Waals surface area contributed by atoms with Crippen LogP contribution in [0, 0.1) is 5.92 Å². The number of hydrogen-bond donors (Lipinski definition) is 4. The fourth-order valence-corrected chi connectivity index (χ4v) is 2.67. The predicted octanol–water partition coefficient (Wildman–Crippen LogP) is 3.28. The van der Waals surface area contributed by atoms with Crippen molar-refractivity contribution in [1.29, 1.82) is 0 Å². The lowest BCUT2D eigenvalue weighted by molar-refractivity contribution is -0.122. The molecule has 8 nitrogen and oxygen atoms in total. The summed E-state index contributed by atoms with van der Waals surface area (Å²) in [5.41, 5.74) is 1.30. The third-order valence-corrected chi connectivity index (χ3v) is 4.28. The standard InChI is InChI=1S/C22H35N5O3.HI/c1-5-23-20(26-15-14-24-19(28)17-8-9-17)25-13-12-16-6-10-18(11-7-16)27-21(29)30-22(2,3)4;/h6-7,10-11,17H,5,8-9,12-15H2,1-4H3,(H,24,28)(H,27,29)(H2,23,25,26);1H. The molecule has 0 aliphatic heterocycles. The van der Waals surface area contributed by atoms with Crippen molar-refractivity contribution in [3.8, 4) is 0 Å². The van der Waals surface area contributed by atoms with Crippen molar-refractivity contribution in [2.45, 2.75) is 52.6 Å². The van der Waals surface area contributed by atoms with Crippen LogP contribution in [0.1, 0.15) is 46.1 Å². The quantitative estimate of drug-likeness (QED) is 0.165. The van der Waals surface area contributed by atoms with Gasteiger partial charge in [-0.2, -0.15) is 0 Å². The first-order chi connectivity index (χ1) is 14.3. The zero-order valence-corrected chi connectivity index (χ0v) is 21.2. The van der Waals surface area contributed by atoms with Gasteiger partial charge in [-0.25, -0.2) is 4.79 Å². The Morgan fingerprint density at radius 2 is 1.71 bits per heavy atom. The molecule has 0 aromatic heterocycles. The predicted molar refractivity (Wildman–Crippen MR) is 135 cm³/mol. The summed E-state index contributed by atoms with van der Waals surface area (Å²) in [6, 6.07) is 7.65. The highest BCUT2D eigenvalue weighted by molar-refractivity contribution is 14.0. The minimum absolute atomic E-state index is 0. The minimum atomic E-state index is -0.525. The molecular weight excluding hydrogens is 509 g/mol. The molecule has 4 N–H and O–H groups in total. The van der Waals surface area contributed by atoms with Gasteiger partial charge < -0.3 is 20.7 Å². The lowest BCUT2D eigenvalue weighted by Crippen LogP contribution is -2.41. The van der Waals surface area contributed by atoms with Crippen molar-refractivity contribution >= 4 is 47.6 Å². The number of nitrogens with one attached hydrogen (secondary N) is 4. The number of benzene rings is 1. The second kappa shape index (κ2) is 13.4. The van der Waals surface area contributed by atoms with Crippen molar-refractivity contribution in [2.75, 3.05) is 31.5 Å². The van der Waals surface area contributed by atoms with Gasteiger partial charge in [0.15, 0.2) is 5.96 Å². The van der Waals surface area contributed by atoms with Crippen LogP contribution < -0.4 is 21.3 Å². The van der Waals surface area contributed by atoms with E-state index in [0.717, 1.165) is 37.3 Å². The molecule has 0 unspecified atom stereocenters. The number of hydrogen-bond acceptors (Lipinski definition) is 4. The molecule has 0 saturated heterocycles. The van der Waals surface area contributed by atoms with Gasteiger partial charge in [-0.15, -0.1) is 24.0 Å². The molecule has 0 radical (unpaired) electrons. The van der Waals surface area contributed by atoms with Crippen LogP contribution in [-0.2, 0) is 16.0 Å². The van der Waals surface area contributed by atoms with Crippen LogP contribution in [0.15, 0.2) is 29.3 Å². The molecule has 0 spiro atoms. The first-order valence-electron chi connectivity index (χ1n) is 10.7. The van der Waals surface area contributed by atoms with Gasteiger partial charge in [-0.3, -0.25) is 15.1 Å². The SMILES string of the molecule is CCNC(=NCCc1ccc(NC(=O)OC(C)(C)C)cc1)NCCNC(=O)C1CC1.I. The van der Waals surface area contributed by atoms with Crippen molar-refractivity contribution in [3.63, 3.8) is 0 Å². The molecule has 1 fully saturated rings. The van der Waals surface area contributed by atoms with Crippen LogP contribution in [0.5, 0.6) is 0 Å². The highest BCUT2D eigenvalue weighted by atomic mass is 127. The topological polar surface area (TPSA) is 104 Å². The third-order valence-electron chi connectivity index (χ3n) is 4.28. The summed E-state index contributed by atoms with van der Waals surface area (Å²) < 4.78 is 5.25. The maximum absolute atomic E-state index is 11.8. The maximum Gasteiger partial charge on any atom is 0.412 e. The lowest BCUT2D eigenvalue weighted by atomic mass is 10.1. The molecule has 0 atom stereocenters. The molecule has 1 saturated carbocycles. The lowest BCUT2D eigenvalue weighted by Gasteiger charge is -2.19. The van der Waals surface area contributed by atoms with E-state index in [0.29, 0.717) is 25.3 Å². The number of rotatable bonds is 9. The van der Waals surface area contributed by atoms with E-state index >= 15 is 0 Å². The number of guanidine groups is 1. The largest absolute Gasteiger partial charge is 0.444 e. The molecule has 9 heteroatoms. The summed E-state index contributed by atoms with van der Waals surface area (Å²) in [5, 5.41) is 12.1. The maximum atomic E-state index is 11.8. The van der Waals surface area contributed by atoms with Crippen LogP contribution in [-0.4, -0.2) is 49.7 Å². The van der Waals surface area contributed by atoms with Gasteiger partial charge in [0, 0.05) is 37.8 Å². The summed E-state index contributed by atoms with van der Waals surface area (Å²) in [7, 11) is 0. The fraction of sp³-hybridized carbons (Fsp3) is 0.591. The average molecular weight is 545 g/mol. The first-order valence-corrected chi connectivity index (χ1v) is 10.7. The Balaban J connectivity index is 0.00000480. The molecule has 1 aromatic carbocycles. The number of ether oxygens (including phenoxy) is 1. The molecule has 31 heavy (non-hydrogen) atoms. The second-order valence-corrected chi connectivity index (χ2v) is 8.33. The number of anilines is 1. The van der Waals surface area contributed by atoms with Crippen LogP contribution in [0.25, 0.3) is 0 Å². The highest BCUT2D eigenvalue weighted by Crippen LogP contribution is 2.28. The Hall–Kier alpha value is -2.04. The molecule has 1 aliphatic rings. The van der Waals surface area contributed by atoms with Crippen molar-refractivity contribution in [2.24, 2.45) is 10.9 Å². The van der Waals surface area contributed by atoms with Gasteiger partial charge in [0.1, 0.15) is 5.60 Å². The monoisotopic (exact) mass is 545 g/mol. The molecular formula is C22H36IN5O3. The van der Waals surface area contributed by atoms with Crippen molar-refractivity contribution < 1.29 is 14.3 Å². The smallest absolute Gasteiger partial charge is 0.412 e. The summed E-state index contributed by atoms with van der Waals surface area (Å²) in [6.45, 7) is 10.1.